The molecule has 3 N–H and O–H groups in total. The maximum atomic E-state index is 8.90. The Morgan fingerprint density at radius 3 is 2.57 bits per heavy atom. The molecule has 1 heterocycles. The van der Waals surface area contributed by atoms with Gasteiger partial charge in [-0.3, -0.25) is 9.88 Å². The van der Waals surface area contributed by atoms with Gasteiger partial charge in [-0.25, -0.2) is 0 Å². The lowest BCUT2D eigenvalue weighted by Crippen LogP contribution is -2.37. The van der Waals surface area contributed by atoms with Crippen LogP contribution in [0.15, 0.2) is 23.5 Å². The van der Waals surface area contributed by atoms with Crippen molar-refractivity contribution in [2.75, 3.05) is 6.54 Å². The number of pyridine rings is 1. The van der Waals surface area contributed by atoms with Crippen LogP contribution in [0.4, 0.5) is 0 Å². The second kappa shape index (κ2) is 8.62. The summed E-state index contributed by atoms with van der Waals surface area (Å²) in [5, 5.41) is 12.0. The second-order valence-electron chi connectivity index (χ2n) is 5.79. The van der Waals surface area contributed by atoms with E-state index in [1.165, 1.54) is 0 Å². The maximum absolute atomic E-state index is 8.90. The number of oxime groups is 1. The van der Waals surface area contributed by atoms with E-state index in [1.54, 1.807) is 6.20 Å². The number of amidine groups is 1. The molecule has 0 bridgehead atoms. The topological polar surface area (TPSA) is 74.7 Å². The van der Waals surface area contributed by atoms with Crippen LogP contribution in [0.3, 0.4) is 0 Å². The first-order valence-corrected chi connectivity index (χ1v) is 7.69. The zero-order chi connectivity index (χ0) is 15.8. The number of hydrogen-bond donors (Lipinski definition) is 2. The summed E-state index contributed by atoms with van der Waals surface area (Å²) in [4.78, 5) is 6.72. The first-order chi connectivity index (χ1) is 10.0. The minimum absolute atomic E-state index is 0.0691. The van der Waals surface area contributed by atoms with Gasteiger partial charge in [-0.15, -0.1) is 0 Å². The van der Waals surface area contributed by atoms with Crippen molar-refractivity contribution in [2.24, 2.45) is 16.8 Å². The van der Waals surface area contributed by atoms with Crippen LogP contribution in [-0.4, -0.2) is 33.5 Å². The van der Waals surface area contributed by atoms with E-state index in [4.69, 9.17) is 10.9 Å². The smallest absolute Gasteiger partial charge is 0.189 e. The van der Waals surface area contributed by atoms with Gasteiger partial charge < -0.3 is 10.9 Å². The van der Waals surface area contributed by atoms with E-state index in [0.29, 0.717) is 17.7 Å². The highest BCUT2D eigenvalue weighted by atomic mass is 16.4. The fraction of sp³-hybridized carbons (Fsp3) is 0.625. The van der Waals surface area contributed by atoms with Gasteiger partial charge in [0.25, 0.3) is 0 Å². The third kappa shape index (κ3) is 5.01. The molecule has 0 aliphatic carbocycles. The van der Waals surface area contributed by atoms with Crippen molar-refractivity contribution >= 4 is 5.84 Å². The molecule has 0 aliphatic rings. The molecule has 0 amide bonds. The lowest BCUT2D eigenvalue weighted by atomic mass is 10.0. The molecule has 0 unspecified atom stereocenters. The lowest BCUT2D eigenvalue weighted by Gasteiger charge is -2.32. The van der Waals surface area contributed by atoms with E-state index < -0.39 is 0 Å². The monoisotopic (exact) mass is 292 g/mol. The first-order valence-electron chi connectivity index (χ1n) is 7.69. The van der Waals surface area contributed by atoms with Gasteiger partial charge in [-0.2, -0.15) is 0 Å². The minimum atomic E-state index is 0.0691. The molecule has 1 aromatic heterocycles. The number of nitrogens with two attached hydrogens (primary N) is 1. The van der Waals surface area contributed by atoms with E-state index in [9.17, 15) is 0 Å². The number of rotatable bonds is 8. The second-order valence-corrected chi connectivity index (χ2v) is 5.79. The summed E-state index contributed by atoms with van der Waals surface area (Å²) in [5.41, 5.74) is 7.30. The Labute approximate surface area is 127 Å². The zero-order valence-electron chi connectivity index (χ0n) is 13.6. The molecule has 0 spiro atoms. The average Bonchev–Trinajstić information content (AvgIpc) is 2.47. The quantitative estimate of drug-likeness (QED) is 0.334. The molecule has 0 saturated carbocycles. The minimum Gasteiger partial charge on any atom is -0.409 e. The molecule has 0 atom stereocenters. The molecule has 0 aromatic carbocycles. The van der Waals surface area contributed by atoms with Crippen molar-refractivity contribution in [3.8, 4) is 0 Å². The van der Waals surface area contributed by atoms with Crippen molar-refractivity contribution in [2.45, 2.75) is 53.1 Å². The molecule has 0 fully saturated rings. The summed E-state index contributed by atoms with van der Waals surface area (Å²) >= 11 is 0. The molecule has 21 heavy (non-hydrogen) atoms. The lowest BCUT2D eigenvalue weighted by molar-refractivity contribution is 0.157. The van der Waals surface area contributed by atoms with Gasteiger partial charge in [0, 0.05) is 25.3 Å². The summed E-state index contributed by atoms with van der Waals surface area (Å²) in [6, 6.07) is 4.42. The first kappa shape index (κ1) is 17.4. The standard InChI is InChI=1S/C16H28N4O/c1-5-14(6-2)20(10-12(3)4)11-13-8-7-9-18-15(13)16(17)19-21/h7-9,12,14,21H,5-6,10-11H2,1-4H3,(H2,17,19). The van der Waals surface area contributed by atoms with Crippen LogP contribution in [0.25, 0.3) is 0 Å². The average molecular weight is 292 g/mol. The largest absolute Gasteiger partial charge is 0.409 e. The van der Waals surface area contributed by atoms with Gasteiger partial charge in [0.15, 0.2) is 5.84 Å². The Balaban J connectivity index is 3.03. The van der Waals surface area contributed by atoms with Crippen LogP contribution in [-0.2, 0) is 6.54 Å². The van der Waals surface area contributed by atoms with Gasteiger partial charge in [-0.05, 0) is 30.4 Å². The normalized spacial score (nSPS) is 12.6. The molecule has 5 heteroatoms. The SMILES string of the molecule is CCC(CC)N(Cc1cccnc1C(N)=NO)CC(C)C. The summed E-state index contributed by atoms with van der Waals surface area (Å²) in [6.45, 7) is 10.7. The molecule has 118 valence electrons. The van der Waals surface area contributed by atoms with Gasteiger partial charge in [0.05, 0.1) is 0 Å². The Hall–Kier alpha value is -1.62. The van der Waals surface area contributed by atoms with Crippen LogP contribution >= 0.6 is 0 Å². The highest BCUT2D eigenvalue weighted by molar-refractivity contribution is 5.96. The fourth-order valence-electron chi connectivity index (χ4n) is 2.68. The van der Waals surface area contributed by atoms with E-state index in [0.717, 1.165) is 31.5 Å². The molecule has 5 nitrogen and oxygen atoms in total. The van der Waals surface area contributed by atoms with Gasteiger partial charge in [-0.1, -0.05) is 38.9 Å². The Bertz CT molecular complexity index is 455. The molecular weight excluding hydrogens is 264 g/mol. The summed E-state index contributed by atoms with van der Waals surface area (Å²) < 4.78 is 0. The van der Waals surface area contributed by atoms with E-state index >= 15 is 0 Å². The van der Waals surface area contributed by atoms with Crippen molar-refractivity contribution < 1.29 is 5.21 Å². The molecule has 0 aliphatic heterocycles. The summed E-state index contributed by atoms with van der Waals surface area (Å²) in [7, 11) is 0. The van der Waals surface area contributed by atoms with Crippen LogP contribution in [0, 0.1) is 5.92 Å². The number of aromatic nitrogens is 1. The Morgan fingerprint density at radius 2 is 2.05 bits per heavy atom. The maximum Gasteiger partial charge on any atom is 0.189 e. The van der Waals surface area contributed by atoms with Gasteiger partial charge >= 0.3 is 0 Å². The highest BCUT2D eigenvalue weighted by Crippen LogP contribution is 2.17. The summed E-state index contributed by atoms with van der Waals surface area (Å²) in [6.07, 6.45) is 3.89. The molecule has 0 saturated heterocycles. The Kier molecular flexibility index (Phi) is 7.15. The zero-order valence-corrected chi connectivity index (χ0v) is 13.6. The molecular formula is C16H28N4O. The number of hydrogen-bond acceptors (Lipinski definition) is 4. The van der Waals surface area contributed by atoms with E-state index in [2.05, 4.69) is 42.7 Å². The molecule has 1 aromatic rings. The van der Waals surface area contributed by atoms with Crippen LogP contribution in [0.1, 0.15) is 51.8 Å². The van der Waals surface area contributed by atoms with Crippen LogP contribution < -0.4 is 5.73 Å². The van der Waals surface area contributed by atoms with Crippen molar-refractivity contribution in [3.05, 3.63) is 29.6 Å². The predicted molar refractivity (Wildman–Crippen MR) is 86.4 cm³/mol. The third-order valence-electron chi connectivity index (χ3n) is 3.67. The van der Waals surface area contributed by atoms with Gasteiger partial charge in [0.1, 0.15) is 5.69 Å². The van der Waals surface area contributed by atoms with Crippen LogP contribution in [0.2, 0.25) is 0 Å². The van der Waals surface area contributed by atoms with E-state index in [1.807, 2.05) is 12.1 Å². The third-order valence-corrected chi connectivity index (χ3v) is 3.67. The van der Waals surface area contributed by atoms with Crippen LogP contribution in [0.5, 0.6) is 0 Å². The predicted octanol–water partition coefficient (Wildman–Crippen LogP) is 2.82. The Morgan fingerprint density at radius 1 is 1.38 bits per heavy atom. The van der Waals surface area contributed by atoms with Crippen molar-refractivity contribution in [1.29, 1.82) is 0 Å². The fourth-order valence-corrected chi connectivity index (χ4v) is 2.68. The molecule has 0 radical (unpaired) electrons. The van der Waals surface area contributed by atoms with E-state index in [-0.39, 0.29) is 5.84 Å². The highest BCUT2D eigenvalue weighted by Gasteiger charge is 2.19. The summed E-state index contributed by atoms with van der Waals surface area (Å²) in [5.74, 6) is 0.661. The number of nitrogens with zero attached hydrogens (tertiary/aromatic N) is 3. The van der Waals surface area contributed by atoms with Crippen molar-refractivity contribution in [1.82, 2.24) is 9.88 Å². The molecule has 1 rings (SSSR count). The van der Waals surface area contributed by atoms with Gasteiger partial charge in [0.2, 0.25) is 0 Å². The van der Waals surface area contributed by atoms with Crippen molar-refractivity contribution in [3.63, 3.8) is 0 Å².